The standard InChI is InChI=1S/C12H18.C11H22.C9H18.C9H12.C9H20.C7H16.4C4H10/c1-3-8-11(4-2)12-9-6-5-7-10-12;1-3-10(4-2)11-8-6-5-7-9-11;2*1-2-6-9-7-4-3-5-8-9;1-3-5-7-9-8-6-4-2;1-4-6-7(3)5-2;1-4(2)3;3*1-3-4-2/h5-7,9-11H,3-4,8H2,1-2H3;10-11H,3-9H2,1-2H3;9H,2-8H2,1H3;3-5,7-8H,2,6H2,1H3;3-9H2,1-2H3;7H,4-6H2,1-3H3;4H,1-3H3;3*3-4H2,1-2H3. The Bertz CT molecular complexity index is 1070. The summed E-state index contributed by atoms with van der Waals surface area (Å²) < 4.78 is 0. The Labute approximate surface area is 468 Å². The first-order valence-corrected chi connectivity index (χ1v) is 33.4. The molecule has 0 heteroatoms. The van der Waals surface area contributed by atoms with Crippen molar-refractivity contribution >= 4 is 0 Å². The fraction of sp³-hybridized carbons (Fsp3) is 0.836. The quantitative estimate of drug-likeness (QED) is 0.0973. The molecule has 2 aliphatic carbocycles. The van der Waals surface area contributed by atoms with E-state index in [1.807, 2.05) is 0 Å². The van der Waals surface area contributed by atoms with Gasteiger partial charge in [0.2, 0.25) is 0 Å². The van der Waals surface area contributed by atoms with Crippen molar-refractivity contribution in [2.75, 3.05) is 0 Å². The zero-order valence-corrected chi connectivity index (χ0v) is 55.0. The summed E-state index contributed by atoms with van der Waals surface area (Å²) in [5.74, 6) is 5.78. The lowest BCUT2D eigenvalue weighted by Gasteiger charge is -2.28. The molecule has 0 nitrogen and oxygen atoms in total. The van der Waals surface area contributed by atoms with E-state index < -0.39 is 0 Å². The Morgan fingerprint density at radius 1 is 0.370 bits per heavy atom. The summed E-state index contributed by atoms with van der Waals surface area (Å²) in [6.07, 6.45) is 49.1. The minimum atomic E-state index is 0.774. The minimum absolute atomic E-state index is 0.774. The topological polar surface area (TPSA) is 0 Å². The number of hydrogen-bond donors (Lipinski definition) is 0. The van der Waals surface area contributed by atoms with E-state index in [4.69, 9.17) is 0 Å². The minimum Gasteiger partial charge on any atom is -0.0654 e. The smallest absolute Gasteiger partial charge is 0.0165 e. The number of rotatable bonds is 23. The van der Waals surface area contributed by atoms with Crippen LogP contribution in [0.3, 0.4) is 0 Å². The van der Waals surface area contributed by atoms with Crippen LogP contribution in [0.5, 0.6) is 0 Å². The third kappa shape index (κ3) is 72.5. The maximum atomic E-state index is 2.35. The summed E-state index contributed by atoms with van der Waals surface area (Å²) in [7, 11) is 0. The van der Waals surface area contributed by atoms with Gasteiger partial charge in [-0.2, -0.15) is 0 Å². The van der Waals surface area contributed by atoms with Gasteiger partial charge in [0.05, 0.1) is 0 Å². The van der Waals surface area contributed by atoms with Crippen LogP contribution in [-0.4, -0.2) is 0 Å². The average molecular weight is 1020 g/mol. The molecule has 438 valence electrons. The second-order valence-electron chi connectivity index (χ2n) is 22.6. The summed E-state index contributed by atoms with van der Waals surface area (Å²) >= 11 is 0. The molecular formula is C73H146. The van der Waals surface area contributed by atoms with E-state index >= 15 is 0 Å². The summed E-state index contributed by atoms with van der Waals surface area (Å²) in [5.41, 5.74) is 2.95. The van der Waals surface area contributed by atoms with Gasteiger partial charge in [-0.1, -0.05) is 405 Å². The fourth-order valence-electron chi connectivity index (χ4n) is 8.79. The van der Waals surface area contributed by atoms with Crippen molar-refractivity contribution in [1.29, 1.82) is 0 Å². The molecule has 0 heterocycles. The van der Waals surface area contributed by atoms with Crippen LogP contribution in [0.2, 0.25) is 0 Å². The zero-order valence-electron chi connectivity index (χ0n) is 55.0. The SMILES string of the molecule is CC(C)C.CCC(CC)C1CCCCC1.CCCC.CCCC.CCCC.CCCC(C)CC.CCCC(CC)c1ccccc1.CCCC1CCCCC1.CCCCCCCCC.CCCc1ccccc1. The van der Waals surface area contributed by atoms with Crippen LogP contribution < -0.4 is 0 Å². The summed E-state index contributed by atoms with van der Waals surface area (Å²) in [6, 6.07) is 21.4. The molecule has 2 aromatic rings. The lowest BCUT2D eigenvalue weighted by atomic mass is 9.78. The van der Waals surface area contributed by atoms with Gasteiger partial charge in [-0.3, -0.25) is 0 Å². The highest BCUT2D eigenvalue weighted by Crippen LogP contribution is 2.33. The molecule has 0 spiro atoms. The van der Waals surface area contributed by atoms with E-state index in [-0.39, 0.29) is 0 Å². The molecule has 0 aromatic heterocycles. The normalized spacial score (nSPS) is 13.5. The van der Waals surface area contributed by atoms with Gasteiger partial charge in [0.15, 0.2) is 0 Å². The van der Waals surface area contributed by atoms with Gasteiger partial charge in [0.25, 0.3) is 0 Å². The predicted octanol–water partition coefficient (Wildman–Crippen LogP) is 27.7. The Hall–Kier alpha value is -1.56. The molecule has 0 aliphatic heterocycles. The molecule has 4 rings (SSSR count). The molecule has 0 N–H and O–H groups in total. The molecule has 2 unspecified atom stereocenters. The highest BCUT2D eigenvalue weighted by Gasteiger charge is 2.20. The highest BCUT2D eigenvalue weighted by atomic mass is 14.3. The van der Waals surface area contributed by atoms with Gasteiger partial charge >= 0.3 is 0 Å². The monoisotopic (exact) mass is 1020 g/mol. The summed E-state index contributed by atoms with van der Waals surface area (Å²) in [5, 5.41) is 0. The summed E-state index contributed by atoms with van der Waals surface area (Å²) in [4.78, 5) is 0. The third-order valence-corrected chi connectivity index (χ3v) is 14.3. The molecule has 0 bridgehead atoms. The lowest BCUT2D eigenvalue weighted by molar-refractivity contribution is 0.236. The van der Waals surface area contributed by atoms with Gasteiger partial charge in [-0.05, 0) is 65.9 Å². The Morgan fingerprint density at radius 3 is 1.08 bits per heavy atom. The second kappa shape index (κ2) is 74.7. The van der Waals surface area contributed by atoms with Gasteiger partial charge in [-0.25, -0.2) is 0 Å². The first-order chi connectivity index (χ1) is 35.3. The van der Waals surface area contributed by atoms with E-state index in [2.05, 4.69) is 199 Å². The van der Waals surface area contributed by atoms with Crippen LogP contribution in [0, 0.1) is 29.6 Å². The van der Waals surface area contributed by atoms with Gasteiger partial charge in [0, 0.05) is 0 Å². The van der Waals surface area contributed by atoms with Crippen LogP contribution in [0.15, 0.2) is 60.7 Å². The largest absolute Gasteiger partial charge is 0.0654 e. The van der Waals surface area contributed by atoms with Crippen LogP contribution in [0.25, 0.3) is 0 Å². The molecule has 0 radical (unpaired) electrons. The number of aryl methyl sites for hydroxylation is 1. The van der Waals surface area contributed by atoms with Crippen LogP contribution in [0.4, 0.5) is 0 Å². The van der Waals surface area contributed by atoms with Crippen molar-refractivity contribution in [3.8, 4) is 0 Å². The van der Waals surface area contributed by atoms with Crippen LogP contribution >= 0.6 is 0 Å². The molecular weight excluding hydrogens is 877 g/mol. The Morgan fingerprint density at radius 2 is 0.767 bits per heavy atom. The number of hydrogen-bond acceptors (Lipinski definition) is 0. The second-order valence-corrected chi connectivity index (χ2v) is 22.6. The third-order valence-electron chi connectivity index (χ3n) is 14.3. The lowest BCUT2D eigenvalue weighted by Crippen LogP contribution is -2.16. The zero-order chi connectivity index (χ0) is 56.4. The average Bonchev–Trinajstić information content (AvgIpc) is 3.43. The van der Waals surface area contributed by atoms with E-state index in [9.17, 15) is 0 Å². The van der Waals surface area contributed by atoms with Crippen LogP contribution in [-0.2, 0) is 6.42 Å². The van der Waals surface area contributed by atoms with E-state index in [0.717, 1.165) is 35.5 Å². The van der Waals surface area contributed by atoms with Crippen LogP contribution in [0.1, 0.15) is 374 Å². The van der Waals surface area contributed by atoms with Crippen molar-refractivity contribution in [2.24, 2.45) is 29.6 Å². The summed E-state index contributed by atoms with van der Waals surface area (Å²) in [6.45, 7) is 44.6. The fourth-order valence-corrected chi connectivity index (χ4v) is 8.79. The van der Waals surface area contributed by atoms with Crippen molar-refractivity contribution in [3.63, 3.8) is 0 Å². The van der Waals surface area contributed by atoms with Crippen molar-refractivity contribution in [1.82, 2.24) is 0 Å². The molecule has 2 aromatic carbocycles. The first kappa shape index (κ1) is 82.8. The van der Waals surface area contributed by atoms with Gasteiger partial charge < -0.3 is 0 Å². The molecule has 2 saturated carbocycles. The first-order valence-electron chi connectivity index (χ1n) is 33.4. The molecule has 2 aliphatic rings. The molecule has 0 amide bonds. The van der Waals surface area contributed by atoms with E-state index in [0.29, 0.717) is 0 Å². The van der Waals surface area contributed by atoms with E-state index in [1.54, 1.807) is 0 Å². The molecule has 2 atom stereocenters. The van der Waals surface area contributed by atoms with Gasteiger partial charge in [-0.15, -0.1) is 0 Å². The Balaban J connectivity index is -0.000000175. The highest BCUT2D eigenvalue weighted by molar-refractivity contribution is 5.19. The maximum Gasteiger partial charge on any atom is -0.0165 e. The Kier molecular flexibility index (Phi) is 84.7. The number of unbranched alkanes of at least 4 members (excludes halogenated alkanes) is 9. The molecule has 2 fully saturated rings. The van der Waals surface area contributed by atoms with E-state index in [1.165, 1.54) is 236 Å². The molecule has 73 heavy (non-hydrogen) atoms. The maximum absolute atomic E-state index is 2.35. The number of benzene rings is 2. The van der Waals surface area contributed by atoms with Crippen molar-refractivity contribution < 1.29 is 0 Å². The predicted molar refractivity (Wildman–Crippen MR) is 347 cm³/mol. The van der Waals surface area contributed by atoms with Crippen molar-refractivity contribution in [3.05, 3.63) is 71.8 Å². The van der Waals surface area contributed by atoms with Gasteiger partial charge in [0.1, 0.15) is 0 Å². The van der Waals surface area contributed by atoms with Crippen molar-refractivity contribution in [2.45, 2.75) is 369 Å². The molecule has 0 saturated heterocycles.